The number of carbonyl (C=O) groups excluding carboxylic acids is 1. The zero-order valence-electron chi connectivity index (χ0n) is 14.3. The summed E-state index contributed by atoms with van der Waals surface area (Å²) in [6.45, 7) is 0.906. The molecule has 0 saturated heterocycles. The first kappa shape index (κ1) is 20.6. The van der Waals surface area contributed by atoms with E-state index >= 15 is 0 Å². The maximum Gasteiger partial charge on any atom is 0.417 e. The third kappa shape index (κ3) is 4.95. The molecule has 11 heteroatoms. The van der Waals surface area contributed by atoms with Crippen LogP contribution in [-0.2, 0) is 27.5 Å². The lowest BCUT2D eigenvalue weighted by Gasteiger charge is -2.12. The number of pyridine rings is 1. The number of anilines is 1. The van der Waals surface area contributed by atoms with E-state index in [9.17, 15) is 31.2 Å². The highest BCUT2D eigenvalue weighted by molar-refractivity contribution is 7.89. The van der Waals surface area contributed by atoms with E-state index in [4.69, 9.17) is 0 Å². The number of aromatic nitrogens is 1. The van der Waals surface area contributed by atoms with Crippen molar-refractivity contribution in [3.8, 4) is 0 Å². The molecule has 0 aliphatic rings. The molecule has 0 fully saturated rings. The van der Waals surface area contributed by atoms with Crippen LogP contribution in [0.15, 0.2) is 46.2 Å². The Bertz CT molecular complexity index is 1030. The molecule has 2 N–H and O–H groups in total. The molecular weight excluding hydrogens is 387 g/mol. The number of hydrogen-bond acceptors (Lipinski definition) is 4. The van der Waals surface area contributed by atoms with Crippen LogP contribution in [0.2, 0.25) is 0 Å². The SMILES string of the molecule is CNS(=O)(=O)c1cc(NC(=O)Cn2cc(C(F)(F)F)ccc2=O)ccc1C. The van der Waals surface area contributed by atoms with Gasteiger partial charge in [-0.05, 0) is 37.7 Å². The van der Waals surface area contributed by atoms with Gasteiger partial charge in [0.1, 0.15) is 6.54 Å². The first-order chi connectivity index (χ1) is 12.4. The highest BCUT2D eigenvalue weighted by atomic mass is 32.2. The summed E-state index contributed by atoms with van der Waals surface area (Å²) >= 11 is 0. The smallest absolute Gasteiger partial charge is 0.324 e. The summed E-state index contributed by atoms with van der Waals surface area (Å²) in [6.07, 6.45) is -4.10. The molecule has 146 valence electrons. The Balaban J connectivity index is 2.25. The van der Waals surface area contributed by atoms with Gasteiger partial charge in [0.05, 0.1) is 10.5 Å². The number of sulfonamides is 1. The van der Waals surface area contributed by atoms with Gasteiger partial charge >= 0.3 is 6.18 Å². The van der Waals surface area contributed by atoms with E-state index in [1.54, 1.807) is 6.92 Å². The number of alkyl halides is 3. The molecule has 1 amide bonds. The Morgan fingerprint density at radius 3 is 2.44 bits per heavy atom. The van der Waals surface area contributed by atoms with Crippen LogP contribution in [0, 0.1) is 6.92 Å². The number of aryl methyl sites for hydroxylation is 1. The zero-order chi connectivity index (χ0) is 20.4. The summed E-state index contributed by atoms with van der Waals surface area (Å²) in [4.78, 5) is 23.7. The van der Waals surface area contributed by atoms with E-state index in [-0.39, 0.29) is 10.6 Å². The number of halogens is 3. The van der Waals surface area contributed by atoms with Crippen LogP contribution in [0.25, 0.3) is 0 Å². The van der Waals surface area contributed by atoms with Crippen LogP contribution in [0.4, 0.5) is 18.9 Å². The van der Waals surface area contributed by atoms with Gasteiger partial charge < -0.3 is 9.88 Å². The van der Waals surface area contributed by atoms with E-state index in [0.717, 1.165) is 6.07 Å². The van der Waals surface area contributed by atoms with Crippen molar-refractivity contribution >= 4 is 21.6 Å². The van der Waals surface area contributed by atoms with Crippen LogP contribution in [0.1, 0.15) is 11.1 Å². The van der Waals surface area contributed by atoms with Gasteiger partial charge in [-0.15, -0.1) is 0 Å². The summed E-state index contributed by atoms with van der Waals surface area (Å²) < 4.78 is 64.9. The molecule has 0 unspecified atom stereocenters. The van der Waals surface area contributed by atoms with E-state index in [0.29, 0.717) is 22.4 Å². The molecule has 0 spiro atoms. The second kappa shape index (κ2) is 7.53. The molecule has 0 aliphatic carbocycles. The monoisotopic (exact) mass is 403 g/mol. The van der Waals surface area contributed by atoms with Crippen LogP contribution in [0.3, 0.4) is 0 Å². The average molecular weight is 403 g/mol. The van der Waals surface area contributed by atoms with E-state index in [1.165, 1.54) is 25.2 Å². The maximum atomic E-state index is 12.7. The fourth-order valence-electron chi connectivity index (χ4n) is 2.26. The predicted octanol–water partition coefficient (Wildman–Crippen LogP) is 1.72. The van der Waals surface area contributed by atoms with Crippen molar-refractivity contribution in [3.63, 3.8) is 0 Å². The molecule has 0 radical (unpaired) electrons. The minimum Gasteiger partial charge on any atom is -0.324 e. The number of benzene rings is 1. The highest BCUT2D eigenvalue weighted by Gasteiger charge is 2.31. The first-order valence-corrected chi connectivity index (χ1v) is 9.04. The van der Waals surface area contributed by atoms with Crippen molar-refractivity contribution in [2.45, 2.75) is 24.5 Å². The molecule has 2 aromatic rings. The fraction of sp³-hybridized carbons (Fsp3) is 0.250. The molecule has 1 aromatic heterocycles. The summed E-state index contributed by atoms with van der Waals surface area (Å²) in [5, 5.41) is 2.37. The summed E-state index contributed by atoms with van der Waals surface area (Å²) in [5.74, 6) is -0.784. The van der Waals surface area contributed by atoms with Crippen LogP contribution in [0.5, 0.6) is 0 Å². The van der Waals surface area contributed by atoms with Crippen molar-refractivity contribution in [1.29, 1.82) is 0 Å². The van der Waals surface area contributed by atoms with Crippen molar-refractivity contribution in [2.75, 3.05) is 12.4 Å². The van der Waals surface area contributed by atoms with Gasteiger partial charge in [-0.3, -0.25) is 9.59 Å². The van der Waals surface area contributed by atoms with Gasteiger partial charge in [0.15, 0.2) is 0 Å². The summed E-state index contributed by atoms with van der Waals surface area (Å²) in [5.41, 5.74) is -1.27. The van der Waals surface area contributed by atoms with Gasteiger partial charge in [0.2, 0.25) is 15.9 Å². The Hall–Kier alpha value is -2.66. The predicted molar refractivity (Wildman–Crippen MR) is 91.8 cm³/mol. The topological polar surface area (TPSA) is 97.3 Å². The zero-order valence-corrected chi connectivity index (χ0v) is 15.1. The molecule has 7 nitrogen and oxygen atoms in total. The summed E-state index contributed by atoms with van der Waals surface area (Å²) in [6, 6.07) is 5.48. The third-order valence-corrected chi connectivity index (χ3v) is 5.21. The Morgan fingerprint density at radius 2 is 1.85 bits per heavy atom. The fourth-order valence-corrected chi connectivity index (χ4v) is 3.25. The Morgan fingerprint density at radius 1 is 1.19 bits per heavy atom. The minimum absolute atomic E-state index is 0.0564. The van der Waals surface area contributed by atoms with Gasteiger partial charge in [-0.1, -0.05) is 6.07 Å². The molecular formula is C16H16F3N3O4S. The van der Waals surface area contributed by atoms with Crippen LogP contribution in [-0.4, -0.2) is 25.9 Å². The second-order valence-electron chi connectivity index (χ2n) is 5.62. The Labute approximate surface area is 152 Å². The van der Waals surface area contributed by atoms with Gasteiger partial charge in [-0.25, -0.2) is 13.1 Å². The van der Waals surface area contributed by atoms with Gasteiger partial charge in [-0.2, -0.15) is 13.2 Å². The molecule has 27 heavy (non-hydrogen) atoms. The van der Waals surface area contributed by atoms with Crippen molar-refractivity contribution in [2.24, 2.45) is 0 Å². The second-order valence-corrected chi connectivity index (χ2v) is 7.47. The molecule has 1 aromatic carbocycles. The Kier molecular flexibility index (Phi) is 5.76. The van der Waals surface area contributed by atoms with Crippen molar-refractivity contribution in [1.82, 2.24) is 9.29 Å². The van der Waals surface area contributed by atoms with E-state index < -0.39 is 39.8 Å². The highest BCUT2D eigenvalue weighted by Crippen LogP contribution is 2.28. The lowest BCUT2D eigenvalue weighted by Crippen LogP contribution is -2.28. The van der Waals surface area contributed by atoms with Crippen LogP contribution >= 0.6 is 0 Å². The number of rotatable bonds is 5. The largest absolute Gasteiger partial charge is 0.417 e. The van der Waals surface area contributed by atoms with Gasteiger partial charge in [0.25, 0.3) is 5.56 Å². The molecule has 1 heterocycles. The number of carbonyl (C=O) groups is 1. The standard InChI is InChI=1S/C16H16F3N3O4S/c1-10-3-5-12(7-13(10)27(25,26)20-2)21-14(23)9-22-8-11(16(17,18)19)4-6-15(22)24/h3-8,20H,9H2,1-2H3,(H,21,23). The van der Waals surface area contributed by atoms with Crippen LogP contribution < -0.4 is 15.6 Å². The molecule has 0 atom stereocenters. The van der Waals surface area contributed by atoms with E-state index in [2.05, 4.69) is 10.0 Å². The van der Waals surface area contributed by atoms with Crippen molar-refractivity contribution < 1.29 is 26.4 Å². The minimum atomic E-state index is -4.65. The third-order valence-electron chi connectivity index (χ3n) is 3.65. The summed E-state index contributed by atoms with van der Waals surface area (Å²) in [7, 11) is -2.52. The molecule has 0 bridgehead atoms. The first-order valence-electron chi connectivity index (χ1n) is 7.56. The van der Waals surface area contributed by atoms with Crippen molar-refractivity contribution in [3.05, 3.63) is 58.0 Å². The number of amides is 1. The quantitative estimate of drug-likeness (QED) is 0.795. The average Bonchev–Trinajstić information content (AvgIpc) is 2.57. The lowest BCUT2D eigenvalue weighted by atomic mass is 10.2. The lowest BCUT2D eigenvalue weighted by molar-refractivity contribution is -0.138. The number of nitrogens with one attached hydrogen (secondary N) is 2. The number of hydrogen-bond donors (Lipinski definition) is 2. The van der Waals surface area contributed by atoms with E-state index in [1.807, 2.05) is 0 Å². The molecule has 0 saturated carbocycles. The number of nitrogens with zero attached hydrogens (tertiary/aromatic N) is 1. The molecule has 0 aliphatic heterocycles. The molecule has 2 rings (SSSR count). The van der Waals surface area contributed by atoms with Gasteiger partial charge in [0, 0.05) is 18.0 Å². The normalized spacial score (nSPS) is 12.0. The maximum absolute atomic E-state index is 12.7.